The summed E-state index contributed by atoms with van der Waals surface area (Å²) in [6.07, 6.45) is 1.84. The molecule has 0 aliphatic rings. The van der Waals surface area contributed by atoms with Gasteiger partial charge in [0.05, 0.1) is 18.6 Å². The molecular formula is C19H18N2. The highest BCUT2D eigenvalue weighted by atomic mass is 14.2. The maximum absolute atomic E-state index is 8.69. The zero-order valence-electron chi connectivity index (χ0n) is 12.2. The molecule has 1 atom stereocenters. The van der Waals surface area contributed by atoms with Gasteiger partial charge in [-0.15, -0.1) is 0 Å². The van der Waals surface area contributed by atoms with Crippen molar-refractivity contribution < 1.29 is 0 Å². The number of hydrogen-bond donors (Lipinski definition) is 0. The molecule has 2 aromatic rings. The predicted octanol–water partition coefficient (Wildman–Crippen LogP) is 4.36. The second-order valence-corrected chi connectivity index (χ2v) is 5.20. The van der Waals surface area contributed by atoms with Crippen LogP contribution in [0.5, 0.6) is 0 Å². The lowest BCUT2D eigenvalue weighted by Gasteiger charge is -2.13. The summed E-state index contributed by atoms with van der Waals surface area (Å²) in [4.78, 5) is 0. The summed E-state index contributed by atoms with van der Waals surface area (Å²) in [5.41, 5.74) is 4.78. The molecule has 2 aromatic carbocycles. The Morgan fingerprint density at radius 2 is 1.33 bits per heavy atom. The molecule has 0 aliphatic carbocycles. The van der Waals surface area contributed by atoms with Crippen molar-refractivity contribution in [2.24, 2.45) is 0 Å². The second-order valence-electron chi connectivity index (χ2n) is 5.20. The Kier molecular flexibility index (Phi) is 5.13. The van der Waals surface area contributed by atoms with Gasteiger partial charge in [-0.05, 0) is 28.7 Å². The van der Waals surface area contributed by atoms with Crippen LogP contribution in [0.15, 0.2) is 48.5 Å². The van der Waals surface area contributed by atoms with E-state index in [9.17, 15) is 0 Å². The summed E-state index contributed by atoms with van der Waals surface area (Å²) in [5, 5.41) is 17.3. The quantitative estimate of drug-likeness (QED) is 0.813. The highest BCUT2D eigenvalue weighted by Crippen LogP contribution is 2.25. The third kappa shape index (κ3) is 3.94. The van der Waals surface area contributed by atoms with Crippen LogP contribution in [0.1, 0.15) is 41.5 Å². The molecule has 2 heteroatoms. The molecule has 0 heterocycles. The lowest BCUT2D eigenvalue weighted by atomic mass is 9.91. The summed E-state index contributed by atoms with van der Waals surface area (Å²) >= 11 is 0. The summed E-state index contributed by atoms with van der Waals surface area (Å²) in [6.45, 7) is 2.18. The molecular weight excluding hydrogens is 256 g/mol. The first-order chi connectivity index (χ1) is 10.2. The molecule has 0 spiro atoms. The first-order valence-corrected chi connectivity index (χ1v) is 7.16. The van der Waals surface area contributed by atoms with Crippen LogP contribution in [0.2, 0.25) is 0 Å². The van der Waals surface area contributed by atoms with E-state index in [1.807, 2.05) is 12.1 Å². The molecule has 0 saturated carbocycles. The van der Waals surface area contributed by atoms with E-state index in [2.05, 4.69) is 55.5 Å². The number of nitrogens with zero attached hydrogens (tertiary/aromatic N) is 2. The van der Waals surface area contributed by atoms with E-state index < -0.39 is 0 Å². The van der Waals surface area contributed by atoms with Crippen LogP contribution in [-0.2, 0) is 12.8 Å². The molecule has 0 amide bonds. The van der Waals surface area contributed by atoms with Gasteiger partial charge >= 0.3 is 0 Å². The van der Waals surface area contributed by atoms with Crippen LogP contribution in [0.4, 0.5) is 0 Å². The zero-order valence-corrected chi connectivity index (χ0v) is 12.2. The maximum Gasteiger partial charge on any atom is 0.0669 e. The Balaban J connectivity index is 2.10. The average molecular weight is 274 g/mol. The minimum atomic E-state index is 0.325. The molecule has 0 bridgehead atoms. The van der Waals surface area contributed by atoms with Gasteiger partial charge in [0, 0.05) is 12.3 Å². The van der Waals surface area contributed by atoms with E-state index in [1.54, 1.807) is 0 Å². The van der Waals surface area contributed by atoms with Gasteiger partial charge < -0.3 is 0 Å². The SMILES string of the molecule is CC(c1ccc(CC#N)cc1)c1ccc(CCC#N)cc1. The fourth-order valence-corrected chi connectivity index (χ4v) is 2.38. The normalized spacial score (nSPS) is 11.4. The number of benzene rings is 2. The Labute approximate surface area is 126 Å². The van der Waals surface area contributed by atoms with Gasteiger partial charge in [-0.3, -0.25) is 0 Å². The summed E-state index contributed by atoms with van der Waals surface area (Å²) in [5.74, 6) is 0.325. The van der Waals surface area contributed by atoms with Crippen LogP contribution in [0.3, 0.4) is 0 Å². The fourth-order valence-electron chi connectivity index (χ4n) is 2.38. The highest BCUT2D eigenvalue weighted by molar-refractivity contribution is 5.35. The minimum Gasteiger partial charge on any atom is -0.198 e. The van der Waals surface area contributed by atoms with Gasteiger partial charge in [-0.1, -0.05) is 55.5 Å². The molecule has 21 heavy (non-hydrogen) atoms. The van der Waals surface area contributed by atoms with Gasteiger partial charge in [-0.2, -0.15) is 10.5 Å². The van der Waals surface area contributed by atoms with E-state index in [0.29, 0.717) is 18.8 Å². The lowest BCUT2D eigenvalue weighted by Crippen LogP contribution is -1.97. The first-order valence-electron chi connectivity index (χ1n) is 7.16. The highest BCUT2D eigenvalue weighted by Gasteiger charge is 2.08. The van der Waals surface area contributed by atoms with Crippen molar-refractivity contribution in [2.45, 2.75) is 32.1 Å². The van der Waals surface area contributed by atoms with Crippen molar-refractivity contribution in [2.75, 3.05) is 0 Å². The Morgan fingerprint density at radius 3 is 1.81 bits per heavy atom. The van der Waals surface area contributed by atoms with Gasteiger partial charge in [-0.25, -0.2) is 0 Å². The molecule has 104 valence electrons. The third-order valence-electron chi connectivity index (χ3n) is 3.77. The van der Waals surface area contributed by atoms with E-state index >= 15 is 0 Å². The van der Waals surface area contributed by atoms with Crippen LogP contribution in [-0.4, -0.2) is 0 Å². The molecule has 0 aliphatic heterocycles. The van der Waals surface area contributed by atoms with Crippen LogP contribution in [0, 0.1) is 22.7 Å². The van der Waals surface area contributed by atoms with E-state index in [4.69, 9.17) is 10.5 Å². The second kappa shape index (κ2) is 7.27. The Hall–Kier alpha value is -2.58. The molecule has 2 nitrogen and oxygen atoms in total. The largest absolute Gasteiger partial charge is 0.198 e. The maximum atomic E-state index is 8.69. The van der Waals surface area contributed by atoms with Gasteiger partial charge in [0.25, 0.3) is 0 Å². The molecule has 0 radical (unpaired) electrons. The Morgan fingerprint density at radius 1 is 0.810 bits per heavy atom. The van der Waals surface area contributed by atoms with Crippen LogP contribution < -0.4 is 0 Å². The van der Waals surface area contributed by atoms with Crippen molar-refractivity contribution in [3.8, 4) is 12.1 Å². The Bertz CT molecular complexity index is 655. The number of nitriles is 2. The van der Waals surface area contributed by atoms with Crippen LogP contribution in [0.25, 0.3) is 0 Å². The molecule has 2 rings (SSSR count). The molecule has 0 saturated heterocycles. The summed E-state index contributed by atoms with van der Waals surface area (Å²) in [7, 11) is 0. The van der Waals surface area contributed by atoms with E-state index in [0.717, 1.165) is 12.0 Å². The lowest BCUT2D eigenvalue weighted by molar-refractivity contribution is 0.915. The number of aryl methyl sites for hydroxylation is 1. The zero-order chi connectivity index (χ0) is 15.1. The predicted molar refractivity (Wildman–Crippen MR) is 83.7 cm³/mol. The standard InChI is InChI=1S/C19H18N2/c1-15(19-10-6-17(7-11-19)12-14-21)18-8-4-16(5-9-18)3-2-13-20/h4-11,15H,2-3,12H2,1H3. The number of rotatable bonds is 5. The summed E-state index contributed by atoms with van der Waals surface area (Å²) < 4.78 is 0. The molecule has 1 unspecified atom stereocenters. The average Bonchev–Trinajstić information content (AvgIpc) is 2.54. The topological polar surface area (TPSA) is 47.6 Å². The van der Waals surface area contributed by atoms with E-state index in [1.165, 1.54) is 16.7 Å². The number of hydrogen-bond acceptors (Lipinski definition) is 2. The van der Waals surface area contributed by atoms with Gasteiger partial charge in [0.1, 0.15) is 0 Å². The van der Waals surface area contributed by atoms with Crippen LogP contribution >= 0.6 is 0 Å². The van der Waals surface area contributed by atoms with Crippen molar-refractivity contribution in [1.29, 1.82) is 10.5 Å². The van der Waals surface area contributed by atoms with Gasteiger partial charge in [0.15, 0.2) is 0 Å². The van der Waals surface area contributed by atoms with Crippen molar-refractivity contribution >= 4 is 0 Å². The summed E-state index contributed by atoms with van der Waals surface area (Å²) in [6, 6.07) is 21.1. The van der Waals surface area contributed by atoms with Crippen molar-refractivity contribution in [1.82, 2.24) is 0 Å². The first kappa shape index (κ1) is 14.8. The van der Waals surface area contributed by atoms with Crippen molar-refractivity contribution in [3.05, 3.63) is 70.8 Å². The molecule has 0 N–H and O–H groups in total. The third-order valence-corrected chi connectivity index (χ3v) is 3.77. The monoisotopic (exact) mass is 274 g/mol. The smallest absolute Gasteiger partial charge is 0.0669 e. The van der Waals surface area contributed by atoms with Crippen molar-refractivity contribution in [3.63, 3.8) is 0 Å². The minimum absolute atomic E-state index is 0.325. The molecule has 0 fully saturated rings. The fraction of sp³-hybridized carbons (Fsp3) is 0.263. The molecule has 0 aromatic heterocycles. The van der Waals surface area contributed by atoms with Gasteiger partial charge in [0.2, 0.25) is 0 Å². The van der Waals surface area contributed by atoms with E-state index in [-0.39, 0.29) is 0 Å².